The van der Waals surface area contributed by atoms with E-state index in [0.717, 1.165) is 39.2 Å². The molecule has 2 aliphatic rings. The first-order chi connectivity index (χ1) is 6.35. The van der Waals surface area contributed by atoms with Gasteiger partial charge in [-0.25, -0.2) is 0 Å². The lowest BCUT2D eigenvalue weighted by atomic mass is 9.89. The smallest absolute Gasteiger partial charge is 0.116 e. The summed E-state index contributed by atoms with van der Waals surface area (Å²) in [4.78, 5) is 0. The van der Waals surface area contributed by atoms with Crippen LogP contribution in [0.5, 0.6) is 0 Å². The molecule has 1 N–H and O–H groups in total. The topological polar surface area (TPSA) is 30.5 Å². The molecule has 13 heavy (non-hydrogen) atoms. The maximum atomic E-state index is 5.75. The van der Waals surface area contributed by atoms with Crippen LogP contribution in [0.4, 0.5) is 0 Å². The summed E-state index contributed by atoms with van der Waals surface area (Å²) in [7, 11) is 0. The van der Waals surface area contributed by atoms with Crippen LogP contribution in [0.2, 0.25) is 0 Å². The van der Waals surface area contributed by atoms with E-state index in [9.17, 15) is 0 Å². The molecule has 1 unspecified atom stereocenters. The zero-order valence-electron chi connectivity index (χ0n) is 8.34. The van der Waals surface area contributed by atoms with Crippen molar-refractivity contribution in [2.75, 3.05) is 26.4 Å². The molecule has 2 fully saturated rings. The molecule has 3 nitrogen and oxygen atoms in total. The molecule has 0 bridgehead atoms. The summed E-state index contributed by atoms with van der Waals surface area (Å²) in [6.45, 7) is 5.83. The van der Waals surface area contributed by atoms with Crippen molar-refractivity contribution < 1.29 is 9.47 Å². The van der Waals surface area contributed by atoms with Gasteiger partial charge in [0, 0.05) is 12.6 Å². The van der Waals surface area contributed by atoms with Gasteiger partial charge in [0.05, 0.1) is 13.2 Å². The van der Waals surface area contributed by atoms with Crippen LogP contribution >= 0.6 is 0 Å². The third kappa shape index (κ3) is 2.03. The predicted octanol–water partition coefficient (Wildman–Crippen LogP) is 0.934. The van der Waals surface area contributed by atoms with E-state index >= 15 is 0 Å². The normalized spacial score (nSPS) is 31.6. The number of rotatable bonds is 3. The summed E-state index contributed by atoms with van der Waals surface area (Å²) < 4.78 is 11.0. The fourth-order valence-corrected chi connectivity index (χ4v) is 2.08. The van der Waals surface area contributed by atoms with Crippen molar-refractivity contribution in [2.45, 2.75) is 37.8 Å². The number of ether oxygens (including phenoxy) is 2. The Morgan fingerprint density at radius 1 is 1.46 bits per heavy atom. The van der Waals surface area contributed by atoms with Crippen LogP contribution < -0.4 is 5.32 Å². The minimum Gasteiger partial charge on any atom is -0.375 e. The van der Waals surface area contributed by atoms with Crippen LogP contribution in [0.15, 0.2) is 0 Å². The molecule has 1 atom stereocenters. The molecule has 2 heterocycles. The van der Waals surface area contributed by atoms with Gasteiger partial charge >= 0.3 is 0 Å². The largest absolute Gasteiger partial charge is 0.375 e. The molecule has 0 aromatic rings. The lowest BCUT2D eigenvalue weighted by Gasteiger charge is -2.46. The van der Waals surface area contributed by atoms with Crippen molar-refractivity contribution >= 4 is 0 Å². The molecule has 0 amide bonds. The highest BCUT2D eigenvalue weighted by atomic mass is 16.6. The first-order valence-electron chi connectivity index (χ1n) is 5.30. The summed E-state index contributed by atoms with van der Waals surface area (Å²) in [5, 5.41) is 3.56. The molecule has 0 aliphatic carbocycles. The highest BCUT2D eigenvalue weighted by Gasteiger charge is 2.43. The van der Waals surface area contributed by atoms with Gasteiger partial charge in [0.1, 0.15) is 5.60 Å². The molecule has 1 spiro atoms. The second kappa shape index (κ2) is 3.95. The van der Waals surface area contributed by atoms with Crippen molar-refractivity contribution in [3.63, 3.8) is 0 Å². The van der Waals surface area contributed by atoms with E-state index in [1.807, 2.05) is 0 Å². The Labute approximate surface area is 79.8 Å². The molecule has 2 saturated heterocycles. The number of nitrogens with one attached hydrogen (secondary N) is 1. The van der Waals surface area contributed by atoms with Crippen molar-refractivity contribution in [2.24, 2.45) is 0 Å². The zero-order valence-corrected chi connectivity index (χ0v) is 8.34. The molecule has 2 rings (SSSR count). The molecule has 3 heteroatoms. The van der Waals surface area contributed by atoms with Crippen LogP contribution in [0.1, 0.15) is 26.2 Å². The van der Waals surface area contributed by atoms with Crippen molar-refractivity contribution in [3.8, 4) is 0 Å². The Morgan fingerprint density at radius 3 is 2.92 bits per heavy atom. The molecule has 0 aromatic carbocycles. The maximum Gasteiger partial charge on any atom is 0.116 e. The lowest BCUT2D eigenvalue weighted by Crippen LogP contribution is -2.58. The molecule has 0 radical (unpaired) electrons. The predicted molar refractivity (Wildman–Crippen MR) is 50.8 cm³/mol. The summed E-state index contributed by atoms with van der Waals surface area (Å²) in [5.41, 5.74) is 0.0870. The van der Waals surface area contributed by atoms with Gasteiger partial charge in [0.2, 0.25) is 0 Å². The second-order valence-corrected chi connectivity index (χ2v) is 4.17. The standard InChI is InChI=1S/C10H19NO2/c1-2-4-11-9-3-5-13-10(6-9)7-12-8-10/h9,11H,2-8H2,1H3. The van der Waals surface area contributed by atoms with E-state index in [0.29, 0.717) is 6.04 Å². The Morgan fingerprint density at radius 2 is 2.31 bits per heavy atom. The maximum absolute atomic E-state index is 5.75. The van der Waals surface area contributed by atoms with Gasteiger partial charge in [-0.05, 0) is 25.8 Å². The van der Waals surface area contributed by atoms with Crippen molar-refractivity contribution in [3.05, 3.63) is 0 Å². The minimum absolute atomic E-state index is 0.0870. The fourth-order valence-electron chi connectivity index (χ4n) is 2.08. The van der Waals surface area contributed by atoms with Gasteiger partial charge in [-0.2, -0.15) is 0 Å². The average molecular weight is 185 g/mol. The Kier molecular flexibility index (Phi) is 2.86. The lowest BCUT2D eigenvalue weighted by molar-refractivity contribution is -0.230. The van der Waals surface area contributed by atoms with Gasteiger partial charge in [-0.1, -0.05) is 6.92 Å². The van der Waals surface area contributed by atoms with Crippen molar-refractivity contribution in [1.29, 1.82) is 0 Å². The molecule has 76 valence electrons. The van der Waals surface area contributed by atoms with Gasteiger partial charge in [-0.15, -0.1) is 0 Å². The summed E-state index contributed by atoms with van der Waals surface area (Å²) in [5.74, 6) is 0. The highest BCUT2D eigenvalue weighted by Crippen LogP contribution is 2.31. The third-order valence-electron chi connectivity index (χ3n) is 2.91. The van der Waals surface area contributed by atoms with Crippen molar-refractivity contribution in [1.82, 2.24) is 5.32 Å². The van der Waals surface area contributed by atoms with E-state index < -0.39 is 0 Å². The van der Waals surface area contributed by atoms with E-state index in [1.165, 1.54) is 6.42 Å². The van der Waals surface area contributed by atoms with Crippen LogP contribution in [-0.4, -0.2) is 38.0 Å². The second-order valence-electron chi connectivity index (χ2n) is 4.17. The number of hydrogen-bond acceptors (Lipinski definition) is 3. The Balaban J connectivity index is 1.78. The van der Waals surface area contributed by atoms with Gasteiger partial charge < -0.3 is 14.8 Å². The quantitative estimate of drug-likeness (QED) is 0.709. The molecule has 0 saturated carbocycles. The summed E-state index contributed by atoms with van der Waals surface area (Å²) >= 11 is 0. The fraction of sp³-hybridized carbons (Fsp3) is 1.00. The van der Waals surface area contributed by atoms with E-state index in [2.05, 4.69) is 12.2 Å². The highest BCUT2D eigenvalue weighted by molar-refractivity contribution is 4.94. The van der Waals surface area contributed by atoms with Crippen LogP contribution in [0.25, 0.3) is 0 Å². The Bertz CT molecular complexity index is 168. The zero-order chi connectivity index (χ0) is 9.15. The SMILES string of the molecule is CCCNC1CCOC2(COC2)C1. The van der Waals surface area contributed by atoms with Crippen LogP contribution in [0, 0.1) is 0 Å². The van der Waals surface area contributed by atoms with Crippen LogP contribution in [-0.2, 0) is 9.47 Å². The van der Waals surface area contributed by atoms with Gasteiger partial charge in [0.25, 0.3) is 0 Å². The first kappa shape index (κ1) is 9.44. The van der Waals surface area contributed by atoms with E-state index in [-0.39, 0.29) is 5.60 Å². The first-order valence-corrected chi connectivity index (χ1v) is 5.30. The van der Waals surface area contributed by atoms with E-state index in [1.54, 1.807) is 0 Å². The molecule has 0 aromatic heterocycles. The van der Waals surface area contributed by atoms with Gasteiger partial charge in [0.15, 0.2) is 0 Å². The summed E-state index contributed by atoms with van der Waals surface area (Å²) in [6, 6.07) is 0.651. The number of hydrogen-bond donors (Lipinski definition) is 1. The molecular weight excluding hydrogens is 166 g/mol. The molecular formula is C10H19NO2. The van der Waals surface area contributed by atoms with E-state index in [4.69, 9.17) is 9.47 Å². The van der Waals surface area contributed by atoms with Crippen LogP contribution in [0.3, 0.4) is 0 Å². The third-order valence-corrected chi connectivity index (χ3v) is 2.91. The minimum atomic E-state index is 0.0870. The average Bonchev–Trinajstić information content (AvgIpc) is 2.13. The Hall–Kier alpha value is -0.120. The van der Waals surface area contributed by atoms with Gasteiger partial charge in [-0.3, -0.25) is 0 Å². The summed E-state index contributed by atoms with van der Waals surface area (Å²) in [6.07, 6.45) is 3.50. The molecule has 2 aliphatic heterocycles. The monoisotopic (exact) mass is 185 g/mol.